The van der Waals surface area contributed by atoms with Gasteiger partial charge >= 0.3 is 0 Å². The fourth-order valence-electron chi connectivity index (χ4n) is 2.93. The largest absolute Gasteiger partial charge is 0.383 e. The zero-order chi connectivity index (χ0) is 15.5. The van der Waals surface area contributed by atoms with Crippen molar-refractivity contribution in [2.75, 3.05) is 39.5 Å². The third-order valence-corrected chi connectivity index (χ3v) is 4.14. The van der Waals surface area contributed by atoms with Gasteiger partial charge in [-0.3, -0.25) is 9.88 Å². The first-order valence-electron chi connectivity index (χ1n) is 7.79. The third kappa shape index (κ3) is 4.60. The van der Waals surface area contributed by atoms with Crippen LogP contribution < -0.4 is 5.73 Å². The third-order valence-electron chi connectivity index (χ3n) is 4.14. The molecule has 6 nitrogen and oxygen atoms in total. The maximum Gasteiger partial charge on any atom is 0.132 e. The average molecular weight is 373 g/mol. The molecule has 0 saturated carbocycles. The minimum absolute atomic E-state index is 0. The van der Waals surface area contributed by atoms with E-state index in [1.165, 1.54) is 12.0 Å². The number of anilines is 1. The first-order valence-corrected chi connectivity index (χ1v) is 7.79. The maximum absolute atomic E-state index is 6.34. The van der Waals surface area contributed by atoms with Gasteiger partial charge in [-0.2, -0.15) is 5.10 Å². The summed E-state index contributed by atoms with van der Waals surface area (Å²) in [6.07, 6.45) is 5.69. The molecule has 0 unspecified atom stereocenters. The van der Waals surface area contributed by atoms with E-state index in [2.05, 4.69) is 28.9 Å². The molecule has 3 rings (SSSR count). The van der Waals surface area contributed by atoms with Gasteiger partial charge in [0.15, 0.2) is 0 Å². The normalized spacial score (nSPS) is 14.0. The van der Waals surface area contributed by atoms with E-state index in [1.54, 1.807) is 12.4 Å². The van der Waals surface area contributed by atoms with E-state index in [0.29, 0.717) is 0 Å². The highest BCUT2D eigenvalue weighted by Crippen LogP contribution is 2.26. The minimum Gasteiger partial charge on any atom is -0.383 e. The minimum atomic E-state index is 0. The summed E-state index contributed by atoms with van der Waals surface area (Å²) in [6.45, 7) is 4.19. The van der Waals surface area contributed by atoms with Gasteiger partial charge < -0.3 is 10.6 Å². The maximum atomic E-state index is 6.34. The lowest BCUT2D eigenvalue weighted by Gasteiger charge is -2.26. The molecule has 134 valence electrons. The van der Waals surface area contributed by atoms with Gasteiger partial charge in [-0.25, -0.2) is 4.68 Å². The summed E-state index contributed by atoms with van der Waals surface area (Å²) in [5, 5.41) is 4.69. The molecule has 0 amide bonds. The van der Waals surface area contributed by atoms with E-state index in [-0.39, 0.29) is 24.8 Å². The molecule has 2 aromatic heterocycles. The van der Waals surface area contributed by atoms with Gasteiger partial charge in [-0.1, -0.05) is 0 Å². The lowest BCUT2D eigenvalue weighted by atomic mass is 10.1. The highest BCUT2D eigenvalue weighted by atomic mass is 35.5. The lowest BCUT2D eigenvalue weighted by Crippen LogP contribution is -2.32. The van der Waals surface area contributed by atoms with Gasteiger partial charge in [0.25, 0.3) is 0 Å². The highest BCUT2D eigenvalue weighted by molar-refractivity contribution is 5.85. The van der Waals surface area contributed by atoms with Crippen molar-refractivity contribution in [1.29, 1.82) is 0 Å². The number of nitrogens with two attached hydrogens (primary N) is 1. The van der Waals surface area contributed by atoms with Crippen LogP contribution in [0.4, 0.5) is 5.82 Å². The number of rotatable bonds is 5. The van der Waals surface area contributed by atoms with Gasteiger partial charge in [-0.05, 0) is 45.7 Å². The first kappa shape index (κ1) is 20.7. The molecule has 0 aromatic carbocycles. The van der Waals surface area contributed by atoms with Crippen molar-refractivity contribution in [2.24, 2.45) is 0 Å². The van der Waals surface area contributed by atoms with E-state index in [0.717, 1.165) is 49.8 Å². The Morgan fingerprint density at radius 2 is 1.92 bits per heavy atom. The second-order valence-electron chi connectivity index (χ2n) is 6.11. The summed E-state index contributed by atoms with van der Waals surface area (Å²) in [4.78, 5) is 8.75. The fraction of sp³-hybridized carbons (Fsp3) is 0.500. The Labute approximate surface area is 155 Å². The van der Waals surface area contributed by atoms with E-state index in [9.17, 15) is 0 Å². The lowest BCUT2D eigenvalue weighted by molar-refractivity contribution is 0.238. The van der Waals surface area contributed by atoms with Gasteiger partial charge in [0.2, 0.25) is 0 Å². The Bertz CT molecular complexity index is 629. The highest BCUT2D eigenvalue weighted by Gasteiger charge is 2.23. The molecule has 0 saturated heterocycles. The van der Waals surface area contributed by atoms with E-state index in [1.807, 2.05) is 16.8 Å². The van der Waals surface area contributed by atoms with Gasteiger partial charge in [0, 0.05) is 37.5 Å². The van der Waals surface area contributed by atoms with E-state index < -0.39 is 0 Å². The second-order valence-corrected chi connectivity index (χ2v) is 6.11. The van der Waals surface area contributed by atoms with Crippen molar-refractivity contribution in [3.63, 3.8) is 0 Å². The van der Waals surface area contributed by atoms with Crippen LogP contribution in [0.25, 0.3) is 5.69 Å². The molecule has 1 aliphatic heterocycles. The van der Waals surface area contributed by atoms with Crippen LogP contribution in [0, 0.1) is 0 Å². The van der Waals surface area contributed by atoms with Crippen LogP contribution in [0.3, 0.4) is 0 Å². The van der Waals surface area contributed by atoms with Gasteiger partial charge in [-0.15, -0.1) is 24.8 Å². The predicted octanol–water partition coefficient (Wildman–Crippen LogP) is 2.00. The predicted molar refractivity (Wildman–Crippen MR) is 102 cm³/mol. The van der Waals surface area contributed by atoms with Crippen molar-refractivity contribution in [2.45, 2.75) is 19.4 Å². The molecular weight excluding hydrogens is 347 g/mol. The van der Waals surface area contributed by atoms with E-state index >= 15 is 0 Å². The number of nitrogens with zero attached hydrogens (tertiary/aromatic N) is 5. The molecule has 2 aromatic rings. The number of nitrogen functional groups attached to an aromatic ring is 1. The smallest absolute Gasteiger partial charge is 0.132 e. The van der Waals surface area contributed by atoms with Crippen LogP contribution in [-0.2, 0) is 13.0 Å². The number of fused-ring (bicyclic) bond motifs is 1. The molecule has 0 atom stereocenters. The molecular formula is C16H26Cl2N6. The average Bonchev–Trinajstić information content (AvgIpc) is 2.85. The van der Waals surface area contributed by atoms with Crippen LogP contribution in [0.1, 0.15) is 17.7 Å². The number of hydrogen-bond acceptors (Lipinski definition) is 5. The SMILES string of the molecule is CN(C)CCCN1CCc2nn(-c3ccncc3)c(N)c2C1.Cl.Cl. The zero-order valence-electron chi connectivity index (χ0n) is 14.2. The molecule has 0 spiro atoms. The summed E-state index contributed by atoms with van der Waals surface area (Å²) in [5.74, 6) is 0.763. The number of hydrogen-bond donors (Lipinski definition) is 1. The van der Waals surface area contributed by atoms with Crippen molar-refractivity contribution in [1.82, 2.24) is 24.6 Å². The van der Waals surface area contributed by atoms with Gasteiger partial charge in [0.05, 0.1) is 11.4 Å². The standard InChI is InChI=1S/C16H24N6.2ClH/c1-20(2)9-3-10-21-11-6-15-14(12-21)16(17)22(19-15)13-4-7-18-8-5-13;;/h4-5,7-8H,3,6,9-12,17H2,1-2H3;2*1H. The number of aromatic nitrogens is 3. The molecule has 2 N–H and O–H groups in total. The van der Waals surface area contributed by atoms with Crippen molar-refractivity contribution < 1.29 is 0 Å². The monoisotopic (exact) mass is 372 g/mol. The number of pyridine rings is 1. The summed E-state index contributed by atoms with van der Waals surface area (Å²) in [6, 6.07) is 3.87. The molecule has 0 fully saturated rings. The quantitative estimate of drug-likeness (QED) is 0.869. The molecule has 1 aliphatic rings. The van der Waals surface area contributed by atoms with Crippen molar-refractivity contribution in [3.8, 4) is 5.69 Å². The summed E-state index contributed by atoms with van der Waals surface area (Å²) in [7, 11) is 4.23. The van der Waals surface area contributed by atoms with Gasteiger partial charge in [0.1, 0.15) is 5.82 Å². The topological polar surface area (TPSA) is 63.2 Å². The molecule has 3 heterocycles. The fourth-order valence-corrected chi connectivity index (χ4v) is 2.93. The Hall–Kier alpha value is -1.34. The molecule has 0 radical (unpaired) electrons. The van der Waals surface area contributed by atoms with Crippen LogP contribution in [-0.4, -0.2) is 58.3 Å². The Morgan fingerprint density at radius 3 is 2.58 bits per heavy atom. The zero-order valence-corrected chi connectivity index (χ0v) is 15.8. The molecule has 0 aliphatic carbocycles. The number of halogens is 2. The molecule has 24 heavy (non-hydrogen) atoms. The summed E-state index contributed by atoms with van der Waals surface area (Å²) in [5.41, 5.74) is 9.64. The Kier molecular flexibility index (Phi) is 7.96. The first-order chi connectivity index (χ1) is 10.6. The molecule has 0 bridgehead atoms. The Balaban J connectivity index is 0.00000144. The van der Waals surface area contributed by atoms with Crippen LogP contribution in [0.2, 0.25) is 0 Å². The van der Waals surface area contributed by atoms with Crippen molar-refractivity contribution in [3.05, 3.63) is 35.8 Å². The van der Waals surface area contributed by atoms with Crippen LogP contribution in [0.5, 0.6) is 0 Å². The van der Waals surface area contributed by atoms with Crippen LogP contribution >= 0.6 is 24.8 Å². The van der Waals surface area contributed by atoms with Crippen LogP contribution in [0.15, 0.2) is 24.5 Å². The van der Waals surface area contributed by atoms with E-state index in [4.69, 9.17) is 10.8 Å². The summed E-state index contributed by atoms with van der Waals surface area (Å²) >= 11 is 0. The second kappa shape index (κ2) is 9.22. The summed E-state index contributed by atoms with van der Waals surface area (Å²) < 4.78 is 1.84. The van der Waals surface area contributed by atoms with Crippen molar-refractivity contribution >= 4 is 30.6 Å². The molecule has 8 heteroatoms. The Morgan fingerprint density at radius 1 is 1.21 bits per heavy atom.